The molecule has 0 aromatic heterocycles. The Hall–Kier alpha value is -0.683. The number of carbonyl (C=O) groups excluding carboxylic acids is 1. The second-order valence-electron chi connectivity index (χ2n) is 7.20. The Kier molecular flexibility index (Phi) is 5.19. The van der Waals surface area contributed by atoms with Crippen LogP contribution in [0.2, 0.25) is 18.1 Å². The number of carbonyl (C=O) groups is 1. The van der Waals surface area contributed by atoms with Crippen molar-refractivity contribution in [2.45, 2.75) is 58.0 Å². The van der Waals surface area contributed by atoms with Crippen LogP contribution in [0.25, 0.3) is 0 Å². The largest absolute Gasteiger partial charge is 0.413 e. The Labute approximate surface area is 123 Å². The van der Waals surface area contributed by atoms with E-state index in [1.54, 1.807) is 6.08 Å². The van der Waals surface area contributed by atoms with E-state index in [0.717, 1.165) is 0 Å². The van der Waals surface area contributed by atoms with Crippen LogP contribution in [0.4, 0.5) is 4.39 Å². The number of amides is 1. The molecular formula is C15H28FNO2Si. The summed E-state index contributed by atoms with van der Waals surface area (Å²) in [7, 11) is -1.93. The standard InChI is InChI=1S/C15H28FNO2Si/c1-8-11(9-16)13-12(14(18)17-13)10(2)19-20(6,7)15(3,4)5/h8,10-13H,1,9H2,2-7H3,(H,17,18)/t10-,11-,12-,13-/m1/s1. The van der Waals surface area contributed by atoms with Crippen molar-refractivity contribution in [1.29, 1.82) is 0 Å². The fourth-order valence-electron chi connectivity index (χ4n) is 2.32. The molecule has 1 N–H and O–H groups in total. The van der Waals surface area contributed by atoms with Gasteiger partial charge in [-0.15, -0.1) is 6.58 Å². The monoisotopic (exact) mass is 301 g/mol. The summed E-state index contributed by atoms with van der Waals surface area (Å²) in [6.45, 7) is 15.9. The van der Waals surface area contributed by atoms with Crippen molar-refractivity contribution < 1.29 is 13.6 Å². The van der Waals surface area contributed by atoms with Gasteiger partial charge in [-0.2, -0.15) is 0 Å². The van der Waals surface area contributed by atoms with E-state index >= 15 is 0 Å². The molecule has 0 radical (unpaired) electrons. The summed E-state index contributed by atoms with van der Waals surface area (Å²) in [6, 6.07) is -0.190. The number of alkyl halides is 1. The third-order valence-electron chi connectivity index (χ3n) is 4.73. The Morgan fingerprint density at radius 2 is 2.05 bits per heavy atom. The van der Waals surface area contributed by atoms with E-state index in [2.05, 4.69) is 45.8 Å². The first-order valence-electron chi connectivity index (χ1n) is 7.22. The lowest BCUT2D eigenvalue weighted by atomic mass is 9.79. The zero-order valence-corrected chi connectivity index (χ0v) is 14.5. The second-order valence-corrected chi connectivity index (χ2v) is 12.0. The van der Waals surface area contributed by atoms with Gasteiger partial charge in [0.05, 0.1) is 24.7 Å². The van der Waals surface area contributed by atoms with Crippen LogP contribution in [0.15, 0.2) is 12.7 Å². The van der Waals surface area contributed by atoms with Crippen molar-refractivity contribution in [1.82, 2.24) is 5.32 Å². The lowest BCUT2D eigenvalue weighted by Gasteiger charge is -2.46. The van der Waals surface area contributed by atoms with Crippen LogP contribution < -0.4 is 5.32 Å². The molecule has 1 aliphatic rings. The molecule has 3 nitrogen and oxygen atoms in total. The molecule has 0 unspecified atom stereocenters. The number of β-lactam (4-membered cyclic amide) rings is 1. The van der Waals surface area contributed by atoms with E-state index < -0.39 is 15.0 Å². The predicted molar refractivity (Wildman–Crippen MR) is 82.8 cm³/mol. The SMILES string of the molecule is C=C[C@H](CF)[C@H]1NC(=O)[C@@H]1[C@@H](C)O[Si](C)(C)C(C)(C)C. The lowest BCUT2D eigenvalue weighted by molar-refractivity contribution is -0.141. The molecule has 5 heteroatoms. The highest BCUT2D eigenvalue weighted by Crippen LogP contribution is 2.39. The maximum Gasteiger partial charge on any atom is 0.228 e. The number of hydrogen-bond acceptors (Lipinski definition) is 2. The summed E-state index contributed by atoms with van der Waals surface area (Å²) in [5.74, 6) is -0.646. The van der Waals surface area contributed by atoms with Crippen LogP contribution in [0.3, 0.4) is 0 Å². The molecular weight excluding hydrogens is 273 g/mol. The smallest absolute Gasteiger partial charge is 0.228 e. The topological polar surface area (TPSA) is 38.3 Å². The fraction of sp³-hybridized carbons (Fsp3) is 0.800. The van der Waals surface area contributed by atoms with Gasteiger partial charge in [-0.1, -0.05) is 26.8 Å². The zero-order chi connectivity index (χ0) is 15.7. The average molecular weight is 301 g/mol. The quantitative estimate of drug-likeness (QED) is 0.464. The number of halogens is 1. The molecule has 1 rings (SSSR count). The molecule has 1 amide bonds. The van der Waals surface area contributed by atoms with E-state index in [0.29, 0.717) is 0 Å². The highest BCUT2D eigenvalue weighted by atomic mass is 28.4. The average Bonchev–Trinajstić information content (AvgIpc) is 2.26. The highest BCUT2D eigenvalue weighted by Gasteiger charge is 2.49. The summed E-state index contributed by atoms with van der Waals surface area (Å²) in [5.41, 5.74) is 0. The molecule has 0 aromatic carbocycles. The fourth-order valence-corrected chi connectivity index (χ4v) is 3.75. The van der Waals surface area contributed by atoms with Crippen molar-refractivity contribution in [2.24, 2.45) is 11.8 Å². The Balaban J connectivity index is 2.78. The second kappa shape index (κ2) is 5.98. The minimum Gasteiger partial charge on any atom is -0.413 e. The third-order valence-corrected chi connectivity index (χ3v) is 9.31. The van der Waals surface area contributed by atoms with Crippen LogP contribution in [0, 0.1) is 11.8 Å². The van der Waals surface area contributed by atoms with E-state index in [9.17, 15) is 9.18 Å². The van der Waals surface area contributed by atoms with Crippen molar-refractivity contribution in [2.75, 3.05) is 6.67 Å². The van der Waals surface area contributed by atoms with Crippen LogP contribution in [-0.2, 0) is 9.22 Å². The van der Waals surface area contributed by atoms with Crippen molar-refractivity contribution in [3.63, 3.8) is 0 Å². The number of nitrogens with one attached hydrogen (secondary N) is 1. The maximum absolute atomic E-state index is 13.0. The van der Waals surface area contributed by atoms with Gasteiger partial charge in [0.25, 0.3) is 0 Å². The van der Waals surface area contributed by atoms with Crippen LogP contribution in [-0.4, -0.2) is 33.0 Å². The van der Waals surface area contributed by atoms with Gasteiger partial charge in [-0.25, -0.2) is 0 Å². The third kappa shape index (κ3) is 3.31. The number of rotatable bonds is 6. The maximum atomic E-state index is 13.0. The first kappa shape index (κ1) is 17.4. The normalized spacial score (nSPS) is 26.4. The Bertz CT molecular complexity index is 379. The molecule has 1 saturated heterocycles. The molecule has 1 heterocycles. The van der Waals surface area contributed by atoms with Crippen LogP contribution in [0.1, 0.15) is 27.7 Å². The molecule has 116 valence electrons. The van der Waals surface area contributed by atoms with Crippen molar-refractivity contribution in [3.05, 3.63) is 12.7 Å². The first-order chi connectivity index (χ1) is 9.05. The summed E-state index contributed by atoms with van der Waals surface area (Å²) in [5, 5.41) is 2.88. The van der Waals surface area contributed by atoms with Gasteiger partial charge in [-0.05, 0) is 25.1 Å². The van der Waals surface area contributed by atoms with Gasteiger partial charge in [0, 0.05) is 5.92 Å². The molecule has 4 atom stereocenters. The first-order valence-corrected chi connectivity index (χ1v) is 10.1. The minimum atomic E-state index is -1.93. The van der Waals surface area contributed by atoms with E-state index in [1.807, 2.05) is 6.92 Å². The number of hydrogen-bond donors (Lipinski definition) is 1. The summed E-state index contributed by atoms with van der Waals surface area (Å²) in [4.78, 5) is 11.8. The molecule has 1 fully saturated rings. The van der Waals surface area contributed by atoms with Crippen LogP contribution in [0.5, 0.6) is 0 Å². The molecule has 0 bridgehead atoms. The molecule has 0 saturated carbocycles. The molecule has 0 spiro atoms. The Morgan fingerprint density at radius 3 is 2.40 bits per heavy atom. The van der Waals surface area contributed by atoms with Gasteiger partial charge < -0.3 is 9.74 Å². The summed E-state index contributed by atoms with van der Waals surface area (Å²) < 4.78 is 19.2. The van der Waals surface area contributed by atoms with Gasteiger partial charge in [0.2, 0.25) is 5.91 Å². The minimum absolute atomic E-state index is 0.0403. The van der Waals surface area contributed by atoms with Crippen molar-refractivity contribution >= 4 is 14.2 Å². The molecule has 0 aliphatic carbocycles. The van der Waals surface area contributed by atoms with E-state index in [4.69, 9.17) is 4.43 Å². The van der Waals surface area contributed by atoms with E-state index in [-0.39, 0.29) is 34.9 Å². The van der Waals surface area contributed by atoms with Gasteiger partial charge in [-0.3, -0.25) is 9.18 Å². The van der Waals surface area contributed by atoms with Crippen molar-refractivity contribution in [3.8, 4) is 0 Å². The van der Waals surface area contributed by atoms with Gasteiger partial charge in [0.1, 0.15) is 0 Å². The zero-order valence-electron chi connectivity index (χ0n) is 13.5. The molecule has 0 aromatic rings. The van der Waals surface area contributed by atoms with Crippen LogP contribution >= 0.6 is 0 Å². The molecule has 1 aliphatic heterocycles. The summed E-state index contributed by atoms with van der Waals surface area (Å²) >= 11 is 0. The predicted octanol–water partition coefficient (Wildman–Crippen LogP) is 3.28. The van der Waals surface area contributed by atoms with Gasteiger partial charge in [0.15, 0.2) is 8.32 Å². The Morgan fingerprint density at radius 1 is 1.50 bits per heavy atom. The molecule has 20 heavy (non-hydrogen) atoms. The highest BCUT2D eigenvalue weighted by molar-refractivity contribution is 6.74. The van der Waals surface area contributed by atoms with E-state index in [1.165, 1.54) is 0 Å². The van der Waals surface area contributed by atoms with Gasteiger partial charge >= 0.3 is 0 Å². The lowest BCUT2D eigenvalue weighted by Crippen LogP contribution is -2.66. The summed E-state index contributed by atoms with van der Waals surface area (Å²) in [6.07, 6.45) is 1.39.